The second-order valence-corrected chi connectivity index (χ2v) is 38.8. The predicted octanol–water partition coefficient (Wildman–Crippen LogP) is -5.20. The topological polar surface area (TPSA) is 930 Å². The van der Waals surface area contributed by atoms with E-state index in [1.807, 2.05) is 0 Å². The molecule has 0 aromatic carbocycles. The van der Waals surface area contributed by atoms with Crippen LogP contribution in [0.5, 0.6) is 0 Å². The van der Waals surface area contributed by atoms with E-state index in [-0.39, 0.29) is 6.42 Å². The summed E-state index contributed by atoms with van der Waals surface area (Å²) < 4.78 is 555. The van der Waals surface area contributed by atoms with Gasteiger partial charge >= 0.3 is 135 Å². The van der Waals surface area contributed by atoms with Crippen molar-refractivity contribution in [3.8, 4) is 0 Å². The molecule has 712 valence electrons. The third-order valence-electron chi connectivity index (χ3n) is 15.8. The highest BCUT2D eigenvalue weighted by Gasteiger charge is 2.63. The molecule has 120 heavy (non-hydrogen) atoms. The second kappa shape index (κ2) is 46.1. The van der Waals surface area contributed by atoms with Gasteiger partial charge in [0.1, 0.15) is 79.4 Å². The fraction of sp³-hybridized carbons (Fsp3) is 0.978. The van der Waals surface area contributed by atoms with Crippen molar-refractivity contribution in [1.82, 2.24) is 5.32 Å². The van der Waals surface area contributed by atoms with Crippen molar-refractivity contribution < 1.29 is 266 Å². The van der Waals surface area contributed by atoms with Crippen molar-refractivity contribution in [3.63, 3.8) is 0 Å². The Hall–Kier alpha value is -2.54. The Balaban J connectivity index is 2.08. The van der Waals surface area contributed by atoms with E-state index in [4.69, 9.17) is 37.9 Å². The zero-order chi connectivity index (χ0) is 91.4. The number of amides is 1. The van der Waals surface area contributed by atoms with Crippen molar-refractivity contribution in [2.24, 2.45) is 0 Å². The van der Waals surface area contributed by atoms with Crippen LogP contribution in [0.25, 0.3) is 0 Å². The molecule has 20 atom stereocenters. The summed E-state index contributed by atoms with van der Waals surface area (Å²) in [5.74, 6) is -0.621. The number of carbonyl (C=O) groups is 1. The van der Waals surface area contributed by atoms with Crippen molar-refractivity contribution in [3.05, 3.63) is 0 Å². The molecule has 4 aliphatic heterocycles. The molecule has 0 radical (unpaired) electrons. The van der Waals surface area contributed by atoms with E-state index in [2.05, 4.69) is 66.6 Å². The van der Waals surface area contributed by atoms with Gasteiger partial charge in [0.15, 0.2) is 43.5 Å². The van der Waals surface area contributed by atoms with E-state index < -0.39 is 310 Å². The average Bonchev–Trinajstić information content (AvgIpc) is 0.750. The lowest BCUT2D eigenvalue weighted by Gasteiger charge is -2.51. The summed E-state index contributed by atoms with van der Waals surface area (Å²) >= 11 is 0. The zero-order valence-corrected chi connectivity index (χ0v) is 71.1. The van der Waals surface area contributed by atoms with Gasteiger partial charge < -0.3 is 43.2 Å². The fourth-order valence-electron chi connectivity index (χ4n) is 11.5. The van der Waals surface area contributed by atoms with Crippen LogP contribution in [0.1, 0.15) is 116 Å². The van der Waals surface area contributed by atoms with Crippen molar-refractivity contribution in [1.29, 1.82) is 0 Å². The largest absolute Gasteiger partial charge is 0.397 e. The molecule has 4 aliphatic rings. The van der Waals surface area contributed by atoms with E-state index in [1.54, 1.807) is 0 Å². The van der Waals surface area contributed by atoms with Gasteiger partial charge in [-0.25, -0.2) is 54.4 Å². The Morgan fingerprint density at radius 2 is 0.475 bits per heavy atom. The van der Waals surface area contributed by atoms with Gasteiger partial charge in [0.2, 0.25) is 5.91 Å². The summed E-state index contributed by atoms with van der Waals surface area (Å²) in [4.78, 5) is 13.0. The lowest BCUT2D eigenvalue weighted by Crippen LogP contribution is -2.70. The quantitative estimate of drug-likeness (QED) is 0.0200. The van der Waals surface area contributed by atoms with Crippen LogP contribution in [-0.2, 0) is 232 Å². The number of carbonyl (C=O) groups excluding carboxylic acids is 1. The molecule has 0 aromatic heterocycles. The molecule has 0 saturated carbocycles. The molecule has 4 rings (SSSR count). The maximum atomic E-state index is 13.2. The highest BCUT2D eigenvalue weighted by molar-refractivity contribution is 7.83. The molecule has 1 amide bonds. The molecular weight excluding hydrogens is 1950 g/mol. The molecule has 62 nitrogen and oxygen atoms in total. The Morgan fingerprint density at radius 1 is 0.258 bits per heavy atom. The van der Waals surface area contributed by atoms with Crippen LogP contribution in [0.3, 0.4) is 0 Å². The third-order valence-corrected chi connectivity index (χ3v) is 21.7. The monoisotopic (exact) mass is 2030 g/mol. The molecule has 0 aromatic rings. The predicted molar refractivity (Wildman–Crippen MR) is 370 cm³/mol. The molecule has 0 unspecified atom stereocenters. The van der Waals surface area contributed by atoms with Gasteiger partial charge in [-0.15, -0.1) is 0 Å². The molecule has 0 spiro atoms. The van der Waals surface area contributed by atoms with E-state index >= 15 is 0 Å². The van der Waals surface area contributed by atoms with Crippen LogP contribution in [-0.4, -0.2) is 337 Å². The summed E-state index contributed by atoms with van der Waals surface area (Å²) in [5.41, 5.74) is 0. The first kappa shape index (κ1) is 110. The molecule has 4 saturated heterocycles. The number of hydrogen-bond acceptors (Lipinski definition) is 48. The standard InChI is InChI=1S/C45H83NO61S13/c1-2-3-4-5-6-7-8-9-10-11-12-13-14-15-16-18-29(47)46-19-17-20-87-42-38(36(103-116(72,73)74)32(101-114(66,67)68)27(92-42)23-90-110(54,55)56)98-44-40(106-119(81,82)83)35(31(100-113(63,64)65)26(94-44)22-89-109(51,52)53)96-43-39(105-118(78,79)80)34(30(99-112(60,61)62)25(93-43)21-88-108(48,49)50)97-45-41(107-120(84,85)86)37(104-117(75,76)77)33(102-115(69,70)71)28(95-45)24-91-111(57,58)59/h25-28,30-45H,2-24H2,1H3,(H,46,47)(H,48,49,50)(H,51,52,53)(H,54,55,56)(H,57,58,59)(H,60,61,62)(H,63,64,65)(H,66,67,68)(H,69,70,71)(H,72,73,74)(H,75,76,77)(H,78,79,80)(H,81,82,83)(H,84,85,86)/t25-,26-,27-,28-,30-,31-,32-,33-,34+,35+,36+,37+,38+,39+,40+,41+,42+,43-,44-,45-/m1/s1. The van der Waals surface area contributed by atoms with E-state index in [0.717, 1.165) is 57.8 Å². The highest BCUT2D eigenvalue weighted by atomic mass is 32.3. The van der Waals surface area contributed by atoms with Gasteiger partial charge in [-0.2, -0.15) is 109 Å². The number of ether oxygens (including phenoxy) is 8. The number of unbranched alkanes of at least 4 members (excludes halogenated alkanes) is 14. The van der Waals surface area contributed by atoms with Gasteiger partial charge in [-0.3, -0.25) is 64.0 Å². The normalized spacial score (nSPS) is 29.0. The van der Waals surface area contributed by atoms with Gasteiger partial charge in [-0.05, 0) is 12.8 Å². The fourth-order valence-corrected chi connectivity index (χ4v) is 17.3. The Kier molecular flexibility index (Phi) is 42.2. The highest BCUT2D eigenvalue weighted by Crippen LogP contribution is 2.42. The summed E-state index contributed by atoms with van der Waals surface area (Å²) in [7, 11) is -83.9. The Labute approximate surface area is 686 Å². The summed E-state index contributed by atoms with van der Waals surface area (Å²) in [6.07, 6.45) is -58.2. The molecule has 0 bridgehead atoms. The molecular formula is C45H83NO61S13. The summed E-state index contributed by atoms with van der Waals surface area (Å²) in [6, 6.07) is 0. The number of hydrogen-bond donors (Lipinski definition) is 14. The van der Waals surface area contributed by atoms with Crippen LogP contribution in [0.4, 0.5) is 0 Å². The van der Waals surface area contributed by atoms with Gasteiger partial charge in [0.25, 0.3) is 0 Å². The minimum Gasteiger partial charge on any atom is -0.356 e. The first-order valence-electron chi connectivity index (χ1n) is 33.3. The van der Waals surface area contributed by atoms with Crippen LogP contribution in [0.2, 0.25) is 0 Å². The van der Waals surface area contributed by atoms with Crippen LogP contribution < -0.4 is 5.32 Å². The molecule has 14 N–H and O–H groups in total. The van der Waals surface area contributed by atoms with Gasteiger partial charge in [-0.1, -0.05) is 96.8 Å². The number of rotatable bonds is 57. The minimum atomic E-state index is -6.88. The average molecular weight is 2030 g/mol. The smallest absolute Gasteiger partial charge is 0.356 e. The summed E-state index contributed by atoms with van der Waals surface area (Å²) in [5, 5.41) is 2.45. The van der Waals surface area contributed by atoms with Crippen LogP contribution in [0, 0.1) is 0 Å². The lowest BCUT2D eigenvalue weighted by molar-refractivity contribution is -0.383. The first-order valence-corrected chi connectivity index (χ1v) is 51.1. The van der Waals surface area contributed by atoms with E-state index in [0.29, 0.717) is 12.8 Å². The molecule has 4 fully saturated rings. The van der Waals surface area contributed by atoms with Gasteiger partial charge in [0.05, 0.1) is 33.0 Å². The number of nitrogens with one attached hydrogen (secondary N) is 1. The Bertz CT molecular complexity index is 4880. The van der Waals surface area contributed by atoms with Gasteiger partial charge in [0, 0.05) is 13.0 Å². The summed E-state index contributed by atoms with van der Waals surface area (Å²) in [6.45, 7) is -8.29. The van der Waals surface area contributed by atoms with Crippen molar-refractivity contribution in [2.45, 2.75) is 239 Å². The molecule has 0 aliphatic carbocycles. The third kappa shape index (κ3) is 44.9. The first-order chi connectivity index (χ1) is 54.5. The van der Waals surface area contributed by atoms with E-state index in [9.17, 15) is 173 Å². The van der Waals surface area contributed by atoms with Crippen LogP contribution in [0.15, 0.2) is 0 Å². The van der Waals surface area contributed by atoms with Crippen molar-refractivity contribution >= 4 is 141 Å². The second-order valence-electron chi connectivity index (χ2n) is 25.0. The van der Waals surface area contributed by atoms with E-state index in [1.165, 1.54) is 25.7 Å². The molecule has 4 heterocycles. The van der Waals surface area contributed by atoms with Crippen LogP contribution >= 0.6 is 0 Å². The molecule has 75 heteroatoms. The Morgan fingerprint density at radius 3 is 0.742 bits per heavy atom. The minimum absolute atomic E-state index is 0.100. The zero-order valence-electron chi connectivity index (χ0n) is 60.5. The maximum absolute atomic E-state index is 13.2. The SMILES string of the molecule is CCCCCCCCCCCCCCCCCC(=O)NCCCO[C@H]1O[C@H](COS(=O)(=O)O)[C@@H](OS(=O)(=O)O)[C@H](OS(=O)(=O)O)[C@@H]1O[C@H]1O[C@H](COS(=O)(=O)O)[C@@H](OS(=O)(=O)O)[C@H](O[C@H]2O[C@H](COS(=O)(=O)O)[C@@H](OS(=O)(=O)O)[C@H](O[C@H]3O[C@H](COS(=O)(=O)O)[C@@H](OS(=O)(=O)O)[C@H](OS(=O)(=O)O)[C@@H]3OS(=O)(=O)O)[C@@H]2OS(=O)(=O)O)[C@@H]1OS(=O)(=O)O. The maximum Gasteiger partial charge on any atom is 0.397 e. The lowest BCUT2D eigenvalue weighted by atomic mass is 9.95. The van der Waals surface area contributed by atoms with Crippen molar-refractivity contribution in [2.75, 3.05) is 39.6 Å².